The van der Waals surface area contributed by atoms with Crippen LogP contribution in [-0.4, -0.2) is 18.8 Å². The molecule has 0 aliphatic rings. The Morgan fingerprint density at radius 1 is 1.00 bits per heavy atom. The van der Waals surface area contributed by atoms with Crippen LogP contribution in [0.2, 0.25) is 0 Å². The molecule has 0 spiro atoms. The first kappa shape index (κ1) is 17.1. The highest BCUT2D eigenvalue weighted by Gasteiger charge is 2.00. The molecule has 0 fully saturated rings. The molecule has 0 aromatic carbocycles. The van der Waals surface area contributed by atoms with Crippen LogP contribution in [0.25, 0.3) is 0 Å². The van der Waals surface area contributed by atoms with Crippen LogP contribution < -0.4 is 0 Å². The summed E-state index contributed by atoms with van der Waals surface area (Å²) in [7, 11) is 0.500. The minimum absolute atomic E-state index is 0. The summed E-state index contributed by atoms with van der Waals surface area (Å²) in [6.45, 7) is 4.03. The van der Waals surface area contributed by atoms with Crippen LogP contribution in [0.4, 0.5) is 8.78 Å². The molecule has 0 atom stereocenters. The van der Waals surface area contributed by atoms with Crippen LogP contribution in [0, 0.1) is 0 Å². The second kappa shape index (κ2) is 16.4. The number of hydrogen-bond donors (Lipinski definition) is 0. The summed E-state index contributed by atoms with van der Waals surface area (Å²) in [6.07, 6.45) is 2.90. The van der Waals surface area contributed by atoms with Crippen molar-refractivity contribution in [3.8, 4) is 0 Å². The molecule has 0 aromatic heterocycles. The summed E-state index contributed by atoms with van der Waals surface area (Å²) < 4.78 is 21.9. The van der Waals surface area contributed by atoms with Gasteiger partial charge in [-0.2, -0.15) is 0 Å². The van der Waals surface area contributed by atoms with Crippen LogP contribution in [0.1, 0.15) is 39.5 Å². The highest BCUT2D eigenvalue weighted by Crippen LogP contribution is 2.07. The molecule has 1 nitrogen and oxygen atoms in total. The number of halogens is 2. The van der Waals surface area contributed by atoms with Gasteiger partial charge in [0.05, 0.1) is 7.18 Å². The van der Waals surface area contributed by atoms with Gasteiger partial charge in [-0.15, -0.1) is 0 Å². The molecule has 0 radical (unpaired) electrons. The molecule has 0 unspecified atom stereocenters. The average Bonchev–Trinajstić information content (AvgIpc) is 1.93. The van der Waals surface area contributed by atoms with Gasteiger partial charge in [-0.1, -0.05) is 26.7 Å². The van der Waals surface area contributed by atoms with Crippen LogP contribution in [0.5, 0.6) is 0 Å². The summed E-state index contributed by atoms with van der Waals surface area (Å²) in [5.41, 5.74) is 0. The molecule has 3 heteroatoms. The van der Waals surface area contributed by atoms with Gasteiger partial charge in [0.2, 0.25) is 0 Å². The van der Waals surface area contributed by atoms with Crippen LogP contribution >= 0.6 is 0 Å². The molecule has 0 aromatic rings. The van der Waals surface area contributed by atoms with E-state index in [1.165, 1.54) is 0 Å². The van der Waals surface area contributed by atoms with Crippen molar-refractivity contribution >= 4 is 0 Å². The number of alkyl halides is 2. The predicted octanol–water partition coefficient (Wildman–Crippen LogP) is 2.69. The SMILES string of the molecule is CCCC(F)CCC.CF.O. The maximum absolute atomic E-state index is 12.4. The molecular formula is C8H20F2O. The zero-order chi connectivity index (χ0) is 8.41. The maximum Gasteiger partial charge on any atom is 0.100 e. The zero-order valence-corrected chi connectivity index (χ0v) is 7.66. The van der Waals surface area contributed by atoms with Gasteiger partial charge < -0.3 is 5.48 Å². The fourth-order valence-corrected chi connectivity index (χ4v) is 0.771. The lowest BCUT2D eigenvalue weighted by molar-refractivity contribution is 0.292. The molecule has 0 rings (SSSR count). The van der Waals surface area contributed by atoms with E-state index in [1.807, 2.05) is 13.8 Å². The van der Waals surface area contributed by atoms with E-state index >= 15 is 0 Å². The molecule has 72 valence electrons. The van der Waals surface area contributed by atoms with Crippen molar-refractivity contribution in [3.05, 3.63) is 0 Å². The molecule has 0 saturated heterocycles. The van der Waals surface area contributed by atoms with Crippen molar-refractivity contribution in [2.75, 3.05) is 7.18 Å². The van der Waals surface area contributed by atoms with Gasteiger partial charge >= 0.3 is 0 Å². The fourth-order valence-electron chi connectivity index (χ4n) is 0.771. The van der Waals surface area contributed by atoms with E-state index in [2.05, 4.69) is 0 Å². The van der Waals surface area contributed by atoms with Gasteiger partial charge in [-0.05, 0) is 12.8 Å². The molecule has 11 heavy (non-hydrogen) atoms. The molecular weight excluding hydrogens is 150 g/mol. The highest BCUT2D eigenvalue weighted by molar-refractivity contribution is 4.51. The predicted molar refractivity (Wildman–Crippen MR) is 45.4 cm³/mol. The van der Waals surface area contributed by atoms with Crippen LogP contribution in [0.3, 0.4) is 0 Å². The van der Waals surface area contributed by atoms with Crippen molar-refractivity contribution in [1.29, 1.82) is 0 Å². The smallest absolute Gasteiger partial charge is 0.100 e. The first-order valence-electron chi connectivity index (χ1n) is 3.83. The Labute approximate surface area is 68.1 Å². The number of hydrogen-bond acceptors (Lipinski definition) is 0. The molecule has 0 aliphatic carbocycles. The van der Waals surface area contributed by atoms with Gasteiger partial charge in [0, 0.05) is 0 Å². The molecule has 0 amide bonds. The lowest BCUT2D eigenvalue weighted by Gasteiger charge is -2.01. The average molecular weight is 170 g/mol. The topological polar surface area (TPSA) is 31.5 Å². The Balaban J connectivity index is -0.000000196. The normalized spacial score (nSPS) is 8.18. The van der Waals surface area contributed by atoms with Crippen molar-refractivity contribution in [3.63, 3.8) is 0 Å². The third-order valence-electron chi connectivity index (χ3n) is 1.20. The minimum atomic E-state index is -0.537. The minimum Gasteiger partial charge on any atom is -0.412 e. The largest absolute Gasteiger partial charge is 0.412 e. The van der Waals surface area contributed by atoms with E-state index in [1.54, 1.807) is 0 Å². The Morgan fingerprint density at radius 3 is 1.45 bits per heavy atom. The monoisotopic (exact) mass is 170 g/mol. The van der Waals surface area contributed by atoms with E-state index in [-0.39, 0.29) is 5.48 Å². The van der Waals surface area contributed by atoms with Crippen LogP contribution in [-0.2, 0) is 0 Å². The Hall–Kier alpha value is -0.180. The second-order valence-corrected chi connectivity index (χ2v) is 2.17. The van der Waals surface area contributed by atoms with E-state index in [0.717, 1.165) is 25.7 Å². The van der Waals surface area contributed by atoms with Gasteiger partial charge in [0.25, 0.3) is 0 Å². The number of rotatable bonds is 4. The van der Waals surface area contributed by atoms with E-state index in [9.17, 15) is 8.78 Å². The Morgan fingerprint density at radius 2 is 1.27 bits per heavy atom. The van der Waals surface area contributed by atoms with E-state index in [4.69, 9.17) is 0 Å². The fraction of sp³-hybridized carbons (Fsp3) is 1.00. The van der Waals surface area contributed by atoms with E-state index in [0.29, 0.717) is 7.18 Å². The standard InChI is InChI=1S/C7H15F.CH3F.H2O/c1-3-5-7(8)6-4-2;1-2;/h7H,3-6H2,1-2H3;1H3;1H2. The highest BCUT2D eigenvalue weighted by atomic mass is 19.1. The third-order valence-corrected chi connectivity index (χ3v) is 1.20. The molecule has 0 saturated carbocycles. The van der Waals surface area contributed by atoms with Gasteiger partial charge in [-0.25, -0.2) is 4.39 Å². The van der Waals surface area contributed by atoms with Gasteiger partial charge in [0.15, 0.2) is 0 Å². The summed E-state index contributed by atoms with van der Waals surface area (Å²) in [5, 5.41) is 0. The first-order chi connectivity index (χ1) is 4.81. The van der Waals surface area contributed by atoms with E-state index < -0.39 is 6.17 Å². The maximum atomic E-state index is 12.4. The second-order valence-electron chi connectivity index (χ2n) is 2.17. The van der Waals surface area contributed by atoms with Crippen molar-refractivity contribution in [2.45, 2.75) is 45.7 Å². The lowest BCUT2D eigenvalue weighted by Crippen LogP contribution is -1.96. The van der Waals surface area contributed by atoms with Gasteiger partial charge in [-0.3, -0.25) is 4.39 Å². The lowest BCUT2D eigenvalue weighted by atomic mass is 10.1. The Kier molecular flexibility index (Phi) is 25.5. The summed E-state index contributed by atoms with van der Waals surface area (Å²) in [6, 6.07) is 0. The molecule has 2 N–H and O–H groups in total. The van der Waals surface area contributed by atoms with Crippen molar-refractivity contribution in [2.24, 2.45) is 0 Å². The Bertz CT molecular complexity index is 45.4. The zero-order valence-electron chi connectivity index (χ0n) is 7.66. The van der Waals surface area contributed by atoms with Crippen molar-refractivity contribution in [1.82, 2.24) is 0 Å². The van der Waals surface area contributed by atoms with Crippen LogP contribution in [0.15, 0.2) is 0 Å². The first-order valence-corrected chi connectivity index (χ1v) is 3.83. The molecule has 0 heterocycles. The quantitative estimate of drug-likeness (QED) is 0.621. The summed E-state index contributed by atoms with van der Waals surface area (Å²) in [5.74, 6) is 0. The molecule has 0 aliphatic heterocycles. The third kappa shape index (κ3) is 17.7. The van der Waals surface area contributed by atoms with Gasteiger partial charge in [0.1, 0.15) is 6.17 Å². The molecule has 0 bridgehead atoms. The summed E-state index contributed by atoms with van der Waals surface area (Å²) >= 11 is 0. The van der Waals surface area contributed by atoms with Crippen molar-refractivity contribution < 1.29 is 14.3 Å². The summed E-state index contributed by atoms with van der Waals surface area (Å²) in [4.78, 5) is 0.